The van der Waals surface area contributed by atoms with Crippen LogP contribution < -0.4 is 5.32 Å². The van der Waals surface area contributed by atoms with Gasteiger partial charge in [0.25, 0.3) is 0 Å². The Balaban J connectivity index is 2.14. The van der Waals surface area contributed by atoms with Crippen molar-refractivity contribution < 1.29 is 4.74 Å². The molecule has 1 N–H and O–H groups in total. The van der Waals surface area contributed by atoms with Crippen molar-refractivity contribution in [3.63, 3.8) is 0 Å². The van der Waals surface area contributed by atoms with Crippen molar-refractivity contribution in [1.82, 2.24) is 15.1 Å². The minimum absolute atomic E-state index is 0.782. The van der Waals surface area contributed by atoms with Gasteiger partial charge in [0, 0.05) is 33.9 Å². The Bertz CT molecular complexity index is 242. The molecule has 1 aliphatic rings. The molecule has 106 valence electrons. The van der Waals surface area contributed by atoms with Crippen LogP contribution in [0.15, 0.2) is 0 Å². The van der Waals surface area contributed by atoms with Gasteiger partial charge in [-0.1, -0.05) is 0 Å². The lowest BCUT2D eigenvalue weighted by Gasteiger charge is -2.32. The normalized spacial score (nSPS) is 17.7. The van der Waals surface area contributed by atoms with Gasteiger partial charge in [-0.2, -0.15) is 0 Å². The average Bonchev–Trinajstić information content (AvgIpc) is 2.37. The first-order valence-corrected chi connectivity index (χ1v) is 7.20. The summed E-state index contributed by atoms with van der Waals surface area (Å²) in [5.41, 5.74) is 0. The Morgan fingerprint density at radius 2 is 2.11 bits per heavy atom. The van der Waals surface area contributed by atoms with E-state index in [0.717, 1.165) is 37.1 Å². The summed E-state index contributed by atoms with van der Waals surface area (Å²) in [6, 6.07) is 0. The Morgan fingerprint density at radius 3 is 2.72 bits per heavy atom. The molecule has 0 aromatic carbocycles. The van der Waals surface area contributed by atoms with E-state index in [9.17, 15) is 0 Å². The van der Waals surface area contributed by atoms with E-state index in [1.165, 1.54) is 25.9 Å². The lowest BCUT2D eigenvalue weighted by atomic mass is 9.97. The number of thiocarbonyl (C=S) groups is 1. The molecule has 1 aliphatic heterocycles. The SMILES string of the molecule is COCCCNC(=S)N(C)CC1CCN(C)CC1. The zero-order chi connectivity index (χ0) is 13.4. The van der Waals surface area contributed by atoms with Gasteiger partial charge in [0.05, 0.1) is 0 Å². The van der Waals surface area contributed by atoms with Crippen LogP contribution in [0.2, 0.25) is 0 Å². The first-order chi connectivity index (χ1) is 8.63. The van der Waals surface area contributed by atoms with Crippen LogP contribution in [-0.2, 0) is 4.74 Å². The van der Waals surface area contributed by atoms with Gasteiger partial charge in [0.15, 0.2) is 5.11 Å². The van der Waals surface area contributed by atoms with E-state index in [0.29, 0.717) is 0 Å². The van der Waals surface area contributed by atoms with Gasteiger partial charge in [-0.3, -0.25) is 0 Å². The summed E-state index contributed by atoms with van der Waals surface area (Å²) in [6.07, 6.45) is 3.57. The van der Waals surface area contributed by atoms with Crippen LogP contribution >= 0.6 is 12.2 Å². The van der Waals surface area contributed by atoms with Gasteiger partial charge in [-0.15, -0.1) is 0 Å². The number of piperidine rings is 1. The number of rotatable bonds is 6. The molecule has 0 aromatic heterocycles. The first kappa shape index (κ1) is 15.7. The van der Waals surface area contributed by atoms with Crippen molar-refractivity contribution in [1.29, 1.82) is 0 Å². The van der Waals surface area contributed by atoms with E-state index in [2.05, 4.69) is 29.2 Å². The number of hydrogen-bond acceptors (Lipinski definition) is 3. The molecule has 1 fully saturated rings. The number of nitrogens with one attached hydrogen (secondary N) is 1. The van der Waals surface area contributed by atoms with Crippen molar-refractivity contribution >= 4 is 17.3 Å². The Hall–Kier alpha value is -0.390. The summed E-state index contributed by atoms with van der Waals surface area (Å²) < 4.78 is 5.01. The van der Waals surface area contributed by atoms with Crippen molar-refractivity contribution in [2.24, 2.45) is 5.92 Å². The quantitative estimate of drug-likeness (QED) is 0.579. The Labute approximate surface area is 117 Å². The molecule has 4 nitrogen and oxygen atoms in total. The monoisotopic (exact) mass is 273 g/mol. The molecule has 0 spiro atoms. The van der Waals surface area contributed by atoms with Crippen molar-refractivity contribution in [2.75, 3.05) is 54.0 Å². The topological polar surface area (TPSA) is 27.7 Å². The van der Waals surface area contributed by atoms with E-state index in [-0.39, 0.29) is 0 Å². The average molecular weight is 273 g/mol. The van der Waals surface area contributed by atoms with Crippen molar-refractivity contribution in [3.05, 3.63) is 0 Å². The third-order valence-corrected chi connectivity index (χ3v) is 3.97. The summed E-state index contributed by atoms with van der Waals surface area (Å²) in [7, 11) is 6.01. The van der Waals surface area contributed by atoms with Gasteiger partial charge in [-0.25, -0.2) is 0 Å². The standard InChI is InChI=1S/C13H27N3OS/c1-15-8-5-12(6-9-15)11-16(2)13(18)14-7-4-10-17-3/h12H,4-11H2,1-3H3,(H,14,18). The van der Waals surface area contributed by atoms with Crippen LogP contribution in [0.25, 0.3) is 0 Å². The maximum Gasteiger partial charge on any atom is 0.168 e. The van der Waals surface area contributed by atoms with Crippen LogP contribution in [0.3, 0.4) is 0 Å². The molecular formula is C13H27N3OS. The second kappa shape index (κ2) is 8.67. The van der Waals surface area contributed by atoms with Gasteiger partial charge in [0.2, 0.25) is 0 Å². The van der Waals surface area contributed by atoms with E-state index >= 15 is 0 Å². The third kappa shape index (κ3) is 5.98. The molecule has 1 rings (SSSR count). The Kier molecular flexibility index (Phi) is 7.54. The molecule has 0 unspecified atom stereocenters. The first-order valence-electron chi connectivity index (χ1n) is 6.80. The summed E-state index contributed by atoms with van der Waals surface area (Å²) in [5, 5.41) is 4.15. The summed E-state index contributed by atoms with van der Waals surface area (Å²) in [5.74, 6) is 0.782. The highest BCUT2D eigenvalue weighted by molar-refractivity contribution is 7.80. The smallest absolute Gasteiger partial charge is 0.168 e. The molecule has 1 saturated heterocycles. The van der Waals surface area contributed by atoms with Gasteiger partial charge >= 0.3 is 0 Å². The van der Waals surface area contributed by atoms with E-state index in [1.807, 2.05) is 0 Å². The highest BCUT2D eigenvalue weighted by Crippen LogP contribution is 2.16. The van der Waals surface area contributed by atoms with Crippen molar-refractivity contribution in [3.8, 4) is 0 Å². The predicted octanol–water partition coefficient (Wildman–Crippen LogP) is 1.17. The largest absolute Gasteiger partial charge is 0.385 e. The molecule has 0 aromatic rings. The van der Waals surface area contributed by atoms with E-state index in [1.54, 1.807) is 7.11 Å². The second-order valence-electron chi connectivity index (χ2n) is 5.21. The van der Waals surface area contributed by atoms with Gasteiger partial charge < -0.3 is 19.9 Å². The van der Waals surface area contributed by atoms with Crippen LogP contribution in [0.5, 0.6) is 0 Å². The lowest BCUT2D eigenvalue weighted by Crippen LogP contribution is -2.42. The fourth-order valence-electron chi connectivity index (χ4n) is 2.26. The number of methoxy groups -OCH3 is 1. The summed E-state index contributed by atoms with van der Waals surface area (Å²) in [4.78, 5) is 4.58. The molecular weight excluding hydrogens is 246 g/mol. The van der Waals surface area contributed by atoms with Crippen molar-refractivity contribution in [2.45, 2.75) is 19.3 Å². The van der Waals surface area contributed by atoms with Crippen LogP contribution in [-0.4, -0.2) is 68.9 Å². The molecule has 0 amide bonds. The van der Waals surface area contributed by atoms with Gasteiger partial charge in [0.1, 0.15) is 0 Å². The fraction of sp³-hybridized carbons (Fsp3) is 0.923. The second-order valence-corrected chi connectivity index (χ2v) is 5.59. The number of ether oxygens (including phenoxy) is 1. The third-order valence-electron chi connectivity index (χ3n) is 3.52. The highest BCUT2D eigenvalue weighted by atomic mass is 32.1. The zero-order valence-electron chi connectivity index (χ0n) is 11.9. The fourth-order valence-corrected chi connectivity index (χ4v) is 2.44. The van der Waals surface area contributed by atoms with Gasteiger partial charge in [-0.05, 0) is 57.5 Å². The maximum atomic E-state index is 5.38. The Morgan fingerprint density at radius 1 is 1.44 bits per heavy atom. The lowest BCUT2D eigenvalue weighted by molar-refractivity contribution is 0.194. The predicted molar refractivity (Wildman–Crippen MR) is 79.9 cm³/mol. The highest BCUT2D eigenvalue weighted by Gasteiger charge is 2.18. The molecule has 0 aliphatic carbocycles. The van der Waals surface area contributed by atoms with E-state index < -0.39 is 0 Å². The molecule has 0 atom stereocenters. The number of hydrogen-bond donors (Lipinski definition) is 1. The maximum absolute atomic E-state index is 5.38. The van der Waals surface area contributed by atoms with Crippen LogP contribution in [0, 0.1) is 5.92 Å². The van der Waals surface area contributed by atoms with Crippen LogP contribution in [0.1, 0.15) is 19.3 Å². The minimum Gasteiger partial charge on any atom is -0.385 e. The molecule has 1 heterocycles. The summed E-state index contributed by atoms with van der Waals surface area (Å²) in [6.45, 7) is 5.18. The molecule has 0 saturated carbocycles. The van der Waals surface area contributed by atoms with Crippen LogP contribution in [0.4, 0.5) is 0 Å². The molecule has 5 heteroatoms. The van der Waals surface area contributed by atoms with E-state index in [4.69, 9.17) is 17.0 Å². The molecule has 18 heavy (non-hydrogen) atoms. The minimum atomic E-state index is 0.782. The molecule has 0 radical (unpaired) electrons. The summed E-state index contributed by atoms with van der Waals surface area (Å²) >= 11 is 5.38. The molecule has 0 bridgehead atoms. The number of likely N-dealkylation sites (tertiary alicyclic amines) is 1. The number of nitrogens with zero attached hydrogens (tertiary/aromatic N) is 2. The zero-order valence-corrected chi connectivity index (χ0v) is 12.8.